The van der Waals surface area contributed by atoms with Gasteiger partial charge in [-0.15, -0.1) is 0 Å². The van der Waals surface area contributed by atoms with Crippen molar-refractivity contribution in [1.29, 1.82) is 0 Å². The SMILES string of the molecule is COc1cc(OC)cc(C(=O)Nc2ccc(-n3nc(-c4cccnc4)cc3C(F)(F)F)nc2)c1. The summed E-state index contributed by atoms with van der Waals surface area (Å²) in [5.74, 6) is 0.325. The molecule has 4 rings (SSSR count). The summed E-state index contributed by atoms with van der Waals surface area (Å²) in [5, 5.41) is 6.72. The molecular weight excluding hydrogens is 451 g/mol. The van der Waals surface area contributed by atoms with Crippen molar-refractivity contribution in [2.45, 2.75) is 6.18 Å². The minimum atomic E-state index is -4.66. The number of benzene rings is 1. The minimum absolute atomic E-state index is 0.0662. The van der Waals surface area contributed by atoms with Crippen molar-refractivity contribution in [2.24, 2.45) is 0 Å². The Morgan fingerprint density at radius 3 is 2.29 bits per heavy atom. The third-order valence-corrected chi connectivity index (χ3v) is 4.79. The van der Waals surface area contributed by atoms with Gasteiger partial charge in [0, 0.05) is 29.6 Å². The van der Waals surface area contributed by atoms with Crippen molar-refractivity contribution >= 4 is 11.6 Å². The van der Waals surface area contributed by atoms with Crippen molar-refractivity contribution < 1.29 is 27.4 Å². The van der Waals surface area contributed by atoms with E-state index in [0.29, 0.717) is 21.7 Å². The van der Waals surface area contributed by atoms with Crippen LogP contribution in [0.2, 0.25) is 0 Å². The van der Waals surface area contributed by atoms with Gasteiger partial charge in [-0.1, -0.05) is 0 Å². The van der Waals surface area contributed by atoms with Gasteiger partial charge in [0.2, 0.25) is 0 Å². The van der Waals surface area contributed by atoms with Crippen LogP contribution >= 0.6 is 0 Å². The van der Waals surface area contributed by atoms with Crippen LogP contribution in [0.3, 0.4) is 0 Å². The smallest absolute Gasteiger partial charge is 0.433 e. The first-order chi connectivity index (χ1) is 16.3. The van der Waals surface area contributed by atoms with E-state index in [4.69, 9.17) is 9.47 Å². The number of nitrogens with one attached hydrogen (secondary N) is 1. The third-order valence-electron chi connectivity index (χ3n) is 4.79. The lowest BCUT2D eigenvalue weighted by molar-refractivity contribution is -0.142. The number of aromatic nitrogens is 4. The van der Waals surface area contributed by atoms with Gasteiger partial charge in [-0.05, 0) is 42.5 Å². The Balaban J connectivity index is 1.61. The molecule has 11 heteroatoms. The van der Waals surface area contributed by atoms with E-state index in [-0.39, 0.29) is 22.8 Å². The molecular formula is C23H18F3N5O3. The van der Waals surface area contributed by atoms with Crippen LogP contribution in [-0.4, -0.2) is 39.9 Å². The maximum absolute atomic E-state index is 13.6. The number of hydrogen-bond donors (Lipinski definition) is 1. The molecule has 0 fully saturated rings. The monoisotopic (exact) mass is 469 g/mol. The molecule has 0 aliphatic rings. The largest absolute Gasteiger partial charge is 0.497 e. The number of rotatable bonds is 6. The number of anilines is 1. The van der Waals surface area contributed by atoms with Crippen LogP contribution in [0.25, 0.3) is 17.1 Å². The highest BCUT2D eigenvalue weighted by molar-refractivity contribution is 6.04. The lowest BCUT2D eigenvalue weighted by Gasteiger charge is -2.11. The molecule has 1 N–H and O–H groups in total. The topological polar surface area (TPSA) is 91.2 Å². The summed E-state index contributed by atoms with van der Waals surface area (Å²) < 4.78 is 52.0. The molecule has 0 bridgehead atoms. The number of halogens is 3. The van der Waals surface area contributed by atoms with Gasteiger partial charge < -0.3 is 14.8 Å². The Bertz CT molecular complexity index is 1280. The molecule has 0 saturated carbocycles. The summed E-state index contributed by atoms with van der Waals surface area (Å²) in [6.45, 7) is 0. The van der Waals surface area contributed by atoms with E-state index in [1.54, 1.807) is 18.2 Å². The van der Waals surface area contributed by atoms with Crippen LogP contribution in [-0.2, 0) is 6.18 Å². The van der Waals surface area contributed by atoms with Gasteiger partial charge in [0.05, 0.1) is 31.8 Å². The quantitative estimate of drug-likeness (QED) is 0.443. The van der Waals surface area contributed by atoms with Crippen LogP contribution in [0, 0.1) is 0 Å². The second-order valence-corrected chi connectivity index (χ2v) is 7.03. The first kappa shape index (κ1) is 22.8. The zero-order chi connectivity index (χ0) is 24.3. The molecule has 8 nitrogen and oxygen atoms in total. The molecule has 0 radical (unpaired) electrons. The molecule has 0 spiro atoms. The lowest BCUT2D eigenvalue weighted by atomic mass is 10.2. The van der Waals surface area contributed by atoms with E-state index in [9.17, 15) is 18.0 Å². The second-order valence-electron chi connectivity index (χ2n) is 7.03. The van der Waals surface area contributed by atoms with Gasteiger partial charge in [0.15, 0.2) is 11.5 Å². The van der Waals surface area contributed by atoms with Crippen molar-refractivity contribution in [2.75, 3.05) is 19.5 Å². The summed E-state index contributed by atoms with van der Waals surface area (Å²) in [7, 11) is 2.92. The van der Waals surface area contributed by atoms with Gasteiger partial charge in [0.1, 0.15) is 11.5 Å². The van der Waals surface area contributed by atoms with Crippen molar-refractivity contribution in [1.82, 2.24) is 19.7 Å². The molecule has 174 valence electrons. The summed E-state index contributed by atoms with van der Waals surface area (Å²) in [6.07, 6.45) is -0.475. The molecule has 1 aromatic carbocycles. The van der Waals surface area contributed by atoms with Gasteiger partial charge in [-0.2, -0.15) is 18.3 Å². The van der Waals surface area contributed by atoms with Crippen LogP contribution in [0.15, 0.2) is 67.1 Å². The van der Waals surface area contributed by atoms with Crippen LogP contribution in [0.4, 0.5) is 18.9 Å². The fourth-order valence-corrected chi connectivity index (χ4v) is 3.14. The van der Waals surface area contributed by atoms with E-state index in [0.717, 1.165) is 6.07 Å². The highest BCUT2D eigenvalue weighted by Crippen LogP contribution is 2.33. The van der Waals surface area contributed by atoms with Crippen molar-refractivity contribution in [3.8, 4) is 28.6 Å². The summed E-state index contributed by atoms with van der Waals surface area (Å²) >= 11 is 0. The zero-order valence-electron chi connectivity index (χ0n) is 18.0. The summed E-state index contributed by atoms with van der Waals surface area (Å²) in [6, 6.07) is 11.6. The minimum Gasteiger partial charge on any atom is -0.497 e. The number of carbonyl (C=O) groups excluding carboxylic acids is 1. The van der Waals surface area contributed by atoms with Gasteiger partial charge >= 0.3 is 6.18 Å². The first-order valence-corrected chi connectivity index (χ1v) is 9.87. The van der Waals surface area contributed by atoms with E-state index >= 15 is 0 Å². The number of hydrogen-bond acceptors (Lipinski definition) is 6. The van der Waals surface area contributed by atoms with Crippen molar-refractivity contribution in [3.05, 3.63) is 78.4 Å². The molecule has 0 aliphatic carbocycles. The van der Waals surface area contributed by atoms with Crippen LogP contribution < -0.4 is 14.8 Å². The van der Waals surface area contributed by atoms with Crippen LogP contribution in [0.1, 0.15) is 16.1 Å². The Morgan fingerprint density at radius 1 is 1.00 bits per heavy atom. The molecule has 4 aromatic rings. The number of alkyl halides is 3. The fourth-order valence-electron chi connectivity index (χ4n) is 3.14. The summed E-state index contributed by atoms with van der Waals surface area (Å²) in [4.78, 5) is 20.6. The Morgan fingerprint density at radius 2 is 1.74 bits per heavy atom. The number of methoxy groups -OCH3 is 2. The molecule has 0 saturated heterocycles. The molecule has 0 aliphatic heterocycles. The van der Waals surface area contributed by atoms with Gasteiger partial charge in [-0.3, -0.25) is 9.78 Å². The first-order valence-electron chi connectivity index (χ1n) is 9.87. The number of amides is 1. The second kappa shape index (κ2) is 9.22. The van der Waals surface area contributed by atoms with Crippen molar-refractivity contribution in [3.63, 3.8) is 0 Å². The highest BCUT2D eigenvalue weighted by Gasteiger charge is 2.36. The molecule has 3 aromatic heterocycles. The van der Waals surface area contributed by atoms with E-state index < -0.39 is 17.8 Å². The molecule has 1 amide bonds. The Labute approximate surface area is 192 Å². The van der Waals surface area contributed by atoms with Gasteiger partial charge in [0.25, 0.3) is 5.91 Å². The number of pyridine rings is 2. The predicted octanol–water partition coefficient (Wildman–Crippen LogP) is 4.62. The maximum atomic E-state index is 13.6. The molecule has 34 heavy (non-hydrogen) atoms. The Kier molecular flexibility index (Phi) is 6.17. The standard InChI is InChI=1S/C23H18F3N5O3/c1-33-17-8-15(9-18(10-17)34-2)22(32)29-16-5-6-21(28-13-16)31-20(23(24,25)26)11-19(30-31)14-4-3-7-27-12-14/h3-13H,1-2H3,(H,29,32). The fraction of sp³-hybridized carbons (Fsp3) is 0.130. The number of nitrogens with zero attached hydrogens (tertiary/aromatic N) is 4. The maximum Gasteiger partial charge on any atom is 0.433 e. The van der Waals surface area contributed by atoms with E-state index in [1.807, 2.05) is 0 Å². The van der Waals surface area contributed by atoms with E-state index in [2.05, 4.69) is 20.4 Å². The molecule has 0 unspecified atom stereocenters. The number of ether oxygens (including phenoxy) is 2. The molecule has 3 heterocycles. The highest BCUT2D eigenvalue weighted by atomic mass is 19.4. The van der Waals surface area contributed by atoms with Gasteiger partial charge in [-0.25, -0.2) is 9.67 Å². The average Bonchev–Trinajstić information content (AvgIpc) is 3.31. The summed E-state index contributed by atoms with van der Waals surface area (Å²) in [5.41, 5.74) is 0.103. The normalized spacial score (nSPS) is 11.2. The van der Waals surface area contributed by atoms with Crippen LogP contribution in [0.5, 0.6) is 11.5 Å². The number of carbonyl (C=O) groups is 1. The lowest BCUT2D eigenvalue weighted by Crippen LogP contribution is -2.15. The average molecular weight is 469 g/mol. The Hall–Kier alpha value is -4.41. The zero-order valence-corrected chi connectivity index (χ0v) is 18.0. The third kappa shape index (κ3) is 4.82. The molecule has 0 atom stereocenters. The van der Waals surface area contributed by atoms with E-state index in [1.165, 1.54) is 57.1 Å². The predicted molar refractivity (Wildman–Crippen MR) is 117 cm³/mol.